The van der Waals surface area contributed by atoms with Crippen molar-refractivity contribution in [3.05, 3.63) is 24.0 Å². The van der Waals surface area contributed by atoms with E-state index >= 15 is 0 Å². The lowest BCUT2D eigenvalue weighted by Gasteiger charge is -2.10. The summed E-state index contributed by atoms with van der Waals surface area (Å²) in [7, 11) is 0. The van der Waals surface area contributed by atoms with E-state index in [-0.39, 0.29) is 11.7 Å². The first-order chi connectivity index (χ1) is 7.61. The zero-order valence-corrected chi connectivity index (χ0v) is 9.34. The zero-order chi connectivity index (χ0) is 12.0. The van der Waals surface area contributed by atoms with Crippen LogP contribution in [0.15, 0.2) is 18.5 Å². The molecule has 0 radical (unpaired) electrons. The molecule has 0 saturated heterocycles. The van der Waals surface area contributed by atoms with Gasteiger partial charge >= 0.3 is 5.97 Å². The molecule has 5 nitrogen and oxygen atoms in total. The summed E-state index contributed by atoms with van der Waals surface area (Å²) in [5, 5.41) is 8.86. The molecule has 1 aromatic rings. The molecule has 0 unspecified atom stereocenters. The third-order valence-electron chi connectivity index (χ3n) is 1.80. The monoisotopic (exact) mass is 225 g/mol. The number of pyridine rings is 1. The van der Waals surface area contributed by atoms with Crippen LogP contribution in [0.25, 0.3) is 0 Å². The standard InChI is InChI=1S/C11H15NO4/c1-8(2)15-5-6-16-10-3-4-12-7-9(10)11(13)14/h3-4,7-8H,5-6H2,1-2H3,(H,13,14). The number of ether oxygens (including phenoxy) is 2. The van der Waals surface area contributed by atoms with Crippen LogP contribution in [0.3, 0.4) is 0 Å². The summed E-state index contributed by atoms with van der Waals surface area (Å²) in [6.07, 6.45) is 2.89. The van der Waals surface area contributed by atoms with Crippen molar-refractivity contribution >= 4 is 5.97 Å². The highest BCUT2D eigenvalue weighted by atomic mass is 16.5. The van der Waals surface area contributed by atoms with Gasteiger partial charge < -0.3 is 14.6 Å². The van der Waals surface area contributed by atoms with Crippen LogP contribution < -0.4 is 4.74 Å². The second-order valence-electron chi connectivity index (χ2n) is 3.44. The quantitative estimate of drug-likeness (QED) is 0.744. The maximum Gasteiger partial charge on any atom is 0.341 e. The van der Waals surface area contributed by atoms with Crippen molar-refractivity contribution in [2.45, 2.75) is 20.0 Å². The van der Waals surface area contributed by atoms with Crippen molar-refractivity contribution in [2.75, 3.05) is 13.2 Å². The first-order valence-corrected chi connectivity index (χ1v) is 5.03. The van der Waals surface area contributed by atoms with E-state index in [1.54, 1.807) is 0 Å². The lowest BCUT2D eigenvalue weighted by atomic mass is 10.2. The van der Waals surface area contributed by atoms with E-state index < -0.39 is 5.97 Å². The molecule has 0 aromatic carbocycles. The SMILES string of the molecule is CC(C)OCCOc1ccncc1C(=O)O. The number of aromatic nitrogens is 1. The number of nitrogens with zero attached hydrogens (tertiary/aromatic N) is 1. The van der Waals surface area contributed by atoms with Gasteiger partial charge in [-0.2, -0.15) is 0 Å². The Labute approximate surface area is 94.0 Å². The highest BCUT2D eigenvalue weighted by Gasteiger charge is 2.10. The Hall–Kier alpha value is -1.62. The predicted molar refractivity (Wildman–Crippen MR) is 57.8 cm³/mol. The average molecular weight is 225 g/mol. The molecule has 16 heavy (non-hydrogen) atoms. The summed E-state index contributed by atoms with van der Waals surface area (Å²) in [4.78, 5) is 14.5. The summed E-state index contributed by atoms with van der Waals surface area (Å²) >= 11 is 0. The largest absolute Gasteiger partial charge is 0.490 e. The second-order valence-corrected chi connectivity index (χ2v) is 3.44. The topological polar surface area (TPSA) is 68.7 Å². The van der Waals surface area contributed by atoms with Crippen LogP contribution in [0.2, 0.25) is 0 Å². The number of carboxylic acids is 1. The lowest BCUT2D eigenvalue weighted by Crippen LogP contribution is -2.12. The van der Waals surface area contributed by atoms with Gasteiger partial charge in [-0.15, -0.1) is 0 Å². The van der Waals surface area contributed by atoms with Gasteiger partial charge in [0.1, 0.15) is 17.9 Å². The van der Waals surface area contributed by atoms with E-state index in [4.69, 9.17) is 14.6 Å². The van der Waals surface area contributed by atoms with Crippen LogP contribution >= 0.6 is 0 Å². The number of carbonyl (C=O) groups is 1. The Balaban J connectivity index is 2.50. The first kappa shape index (κ1) is 12.4. The van der Waals surface area contributed by atoms with Crippen molar-refractivity contribution in [1.29, 1.82) is 0 Å². The molecule has 0 atom stereocenters. The Morgan fingerprint density at radius 1 is 1.50 bits per heavy atom. The predicted octanol–water partition coefficient (Wildman–Crippen LogP) is 1.58. The van der Waals surface area contributed by atoms with Gasteiger partial charge in [-0.25, -0.2) is 4.79 Å². The Morgan fingerprint density at radius 2 is 2.25 bits per heavy atom. The Kier molecular flexibility index (Phi) is 4.72. The van der Waals surface area contributed by atoms with Gasteiger partial charge in [-0.1, -0.05) is 0 Å². The highest BCUT2D eigenvalue weighted by molar-refractivity contribution is 5.90. The summed E-state index contributed by atoms with van der Waals surface area (Å²) in [5.74, 6) is -0.734. The molecule has 0 spiro atoms. The van der Waals surface area contributed by atoms with Gasteiger partial charge in [-0.3, -0.25) is 4.98 Å². The van der Waals surface area contributed by atoms with Gasteiger partial charge in [0.25, 0.3) is 0 Å². The number of rotatable bonds is 6. The highest BCUT2D eigenvalue weighted by Crippen LogP contribution is 2.16. The van der Waals surface area contributed by atoms with Crippen molar-refractivity contribution in [3.63, 3.8) is 0 Å². The van der Waals surface area contributed by atoms with E-state index in [0.717, 1.165) is 0 Å². The van der Waals surface area contributed by atoms with Crippen LogP contribution in [0.5, 0.6) is 5.75 Å². The molecule has 1 heterocycles. The van der Waals surface area contributed by atoms with Crippen LogP contribution in [-0.2, 0) is 4.74 Å². The molecule has 0 fully saturated rings. The maximum atomic E-state index is 10.8. The van der Waals surface area contributed by atoms with Crippen LogP contribution in [0.1, 0.15) is 24.2 Å². The molecule has 1 N–H and O–H groups in total. The fourth-order valence-electron chi connectivity index (χ4n) is 1.10. The molecule has 0 saturated carbocycles. The van der Waals surface area contributed by atoms with Gasteiger partial charge in [0, 0.05) is 12.4 Å². The molecular weight excluding hydrogens is 210 g/mol. The lowest BCUT2D eigenvalue weighted by molar-refractivity contribution is 0.0538. The fraction of sp³-hybridized carbons (Fsp3) is 0.455. The third-order valence-corrected chi connectivity index (χ3v) is 1.80. The molecule has 88 valence electrons. The van der Waals surface area contributed by atoms with E-state index in [1.807, 2.05) is 13.8 Å². The molecular formula is C11H15NO4. The normalized spacial score (nSPS) is 10.4. The van der Waals surface area contributed by atoms with Crippen LogP contribution in [-0.4, -0.2) is 35.4 Å². The summed E-state index contributed by atoms with van der Waals surface area (Å²) in [6.45, 7) is 4.60. The Bertz CT molecular complexity index is 352. The number of aromatic carboxylic acids is 1. The summed E-state index contributed by atoms with van der Waals surface area (Å²) < 4.78 is 10.6. The van der Waals surface area contributed by atoms with Crippen molar-refractivity contribution in [3.8, 4) is 5.75 Å². The van der Waals surface area contributed by atoms with Gasteiger partial charge in [-0.05, 0) is 19.9 Å². The van der Waals surface area contributed by atoms with Gasteiger partial charge in [0.05, 0.1) is 12.7 Å². The molecule has 0 aliphatic rings. The van der Waals surface area contributed by atoms with E-state index in [2.05, 4.69) is 4.98 Å². The smallest absolute Gasteiger partial charge is 0.341 e. The molecule has 0 aliphatic heterocycles. The summed E-state index contributed by atoms with van der Waals surface area (Å²) in [5.41, 5.74) is 0.0621. The minimum Gasteiger partial charge on any atom is -0.490 e. The zero-order valence-electron chi connectivity index (χ0n) is 9.34. The van der Waals surface area contributed by atoms with E-state index in [1.165, 1.54) is 18.5 Å². The van der Waals surface area contributed by atoms with Crippen LogP contribution in [0, 0.1) is 0 Å². The molecule has 0 aliphatic carbocycles. The Morgan fingerprint density at radius 3 is 2.88 bits per heavy atom. The average Bonchev–Trinajstić information content (AvgIpc) is 2.24. The molecule has 1 aromatic heterocycles. The molecule has 0 amide bonds. The van der Waals surface area contributed by atoms with E-state index in [9.17, 15) is 4.79 Å². The maximum absolute atomic E-state index is 10.8. The van der Waals surface area contributed by atoms with Crippen molar-refractivity contribution < 1.29 is 19.4 Å². The molecule has 0 bridgehead atoms. The fourth-order valence-corrected chi connectivity index (χ4v) is 1.10. The second kappa shape index (κ2) is 6.07. The van der Waals surface area contributed by atoms with Crippen molar-refractivity contribution in [1.82, 2.24) is 4.98 Å². The van der Waals surface area contributed by atoms with Crippen molar-refractivity contribution in [2.24, 2.45) is 0 Å². The number of carboxylic acid groups (broad SMARTS) is 1. The first-order valence-electron chi connectivity index (χ1n) is 5.03. The minimum absolute atomic E-state index is 0.0621. The van der Waals surface area contributed by atoms with Crippen LogP contribution in [0.4, 0.5) is 0 Å². The molecule has 5 heteroatoms. The van der Waals surface area contributed by atoms with Gasteiger partial charge in [0.2, 0.25) is 0 Å². The third kappa shape index (κ3) is 3.86. The summed E-state index contributed by atoms with van der Waals surface area (Å²) in [6, 6.07) is 1.53. The van der Waals surface area contributed by atoms with E-state index in [0.29, 0.717) is 19.0 Å². The minimum atomic E-state index is -1.05. The number of hydrogen-bond acceptors (Lipinski definition) is 4. The molecule has 1 rings (SSSR count). The van der Waals surface area contributed by atoms with Gasteiger partial charge in [0.15, 0.2) is 0 Å². The number of hydrogen-bond donors (Lipinski definition) is 1.